The highest BCUT2D eigenvalue weighted by molar-refractivity contribution is 14.1. The first kappa shape index (κ1) is 14.7. The summed E-state index contributed by atoms with van der Waals surface area (Å²) in [4.78, 5) is 21.2. The number of hydrogen-bond acceptors (Lipinski definition) is 3. The van der Waals surface area contributed by atoms with Gasteiger partial charge in [-0.15, -0.1) is 0 Å². The minimum absolute atomic E-state index is 0.158. The van der Waals surface area contributed by atoms with Crippen molar-refractivity contribution in [1.29, 1.82) is 0 Å². The maximum Gasteiger partial charge on any atom is 0.405 e. The van der Waals surface area contributed by atoms with E-state index < -0.39 is 23.6 Å². The number of amides is 1. The molecule has 1 N–H and O–H groups in total. The Morgan fingerprint density at radius 3 is 2.56 bits per heavy atom. The second kappa shape index (κ2) is 5.50. The fraction of sp³-hybridized carbons (Fsp3) is 0.222. The number of rotatable bonds is 3. The van der Waals surface area contributed by atoms with E-state index in [1.807, 2.05) is 0 Å². The molecule has 0 fully saturated rings. The average Bonchev–Trinajstić information content (AvgIpc) is 2.25. The molecule has 0 aliphatic heterocycles. The summed E-state index contributed by atoms with van der Waals surface area (Å²) < 4.78 is 36.1. The van der Waals surface area contributed by atoms with Crippen molar-refractivity contribution in [1.82, 2.24) is 5.32 Å². The molecule has 98 valence electrons. The van der Waals surface area contributed by atoms with Crippen LogP contribution in [0.3, 0.4) is 0 Å². The van der Waals surface area contributed by atoms with Crippen molar-refractivity contribution in [2.75, 3.05) is 6.54 Å². The minimum atomic E-state index is -4.53. The highest BCUT2D eigenvalue weighted by Gasteiger charge is 2.28. The molecule has 1 rings (SSSR count). The van der Waals surface area contributed by atoms with Crippen LogP contribution in [0.25, 0.3) is 0 Å². The zero-order valence-electron chi connectivity index (χ0n) is 8.62. The largest absolute Gasteiger partial charge is 0.405 e. The normalized spacial score (nSPS) is 11.1. The molecule has 0 radical (unpaired) electrons. The fourth-order valence-corrected chi connectivity index (χ4v) is 1.66. The van der Waals surface area contributed by atoms with Gasteiger partial charge in [0.1, 0.15) is 6.54 Å². The van der Waals surface area contributed by atoms with Crippen LogP contribution < -0.4 is 5.32 Å². The number of nitrogens with zero attached hydrogens (tertiary/aromatic N) is 1. The molecule has 18 heavy (non-hydrogen) atoms. The van der Waals surface area contributed by atoms with Crippen LogP contribution in [0.5, 0.6) is 0 Å². The maximum atomic E-state index is 11.9. The van der Waals surface area contributed by atoms with E-state index in [1.54, 1.807) is 27.9 Å². The Hall–Kier alpha value is -1.39. The summed E-state index contributed by atoms with van der Waals surface area (Å²) in [6.07, 6.45) is -4.53. The standard InChI is InChI=1S/C9H6F3IN2O3/c10-9(11,12)4-14-8(16)6-3-5(15(17)18)1-2-7(6)13/h1-3H,4H2,(H,14,16). The molecule has 0 spiro atoms. The Morgan fingerprint density at radius 1 is 1.44 bits per heavy atom. The van der Waals surface area contributed by atoms with Crippen LogP contribution in [0.4, 0.5) is 18.9 Å². The Kier molecular flexibility index (Phi) is 4.48. The second-order valence-electron chi connectivity index (χ2n) is 3.22. The van der Waals surface area contributed by atoms with E-state index in [9.17, 15) is 28.1 Å². The SMILES string of the molecule is O=C(NCC(F)(F)F)c1cc([N+](=O)[O-])ccc1I. The first-order valence-corrected chi connectivity index (χ1v) is 5.57. The zero-order valence-corrected chi connectivity index (χ0v) is 10.8. The number of nitrogens with one attached hydrogen (secondary N) is 1. The topological polar surface area (TPSA) is 72.2 Å². The summed E-state index contributed by atoms with van der Waals surface area (Å²) in [5.41, 5.74) is -0.512. The Bertz CT molecular complexity index is 490. The van der Waals surface area contributed by atoms with Gasteiger partial charge >= 0.3 is 6.18 Å². The van der Waals surface area contributed by atoms with Crippen LogP contribution in [0.1, 0.15) is 10.4 Å². The summed E-state index contributed by atoms with van der Waals surface area (Å²) in [5, 5.41) is 12.2. The lowest BCUT2D eigenvalue weighted by Crippen LogP contribution is -2.34. The molecule has 1 aromatic rings. The third kappa shape index (κ3) is 4.13. The van der Waals surface area contributed by atoms with Gasteiger partial charge in [-0.1, -0.05) is 0 Å². The predicted molar refractivity (Wildman–Crippen MR) is 64.2 cm³/mol. The molecule has 0 aliphatic rings. The number of benzene rings is 1. The van der Waals surface area contributed by atoms with Crippen molar-refractivity contribution in [2.24, 2.45) is 0 Å². The Balaban J connectivity index is 2.91. The first-order valence-electron chi connectivity index (χ1n) is 4.49. The molecule has 1 amide bonds. The van der Waals surface area contributed by atoms with Gasteiger partial charge in [0.2, 0.25) is 0 Å². The smallest absolute Gasteiger partial charge is 0.343 e. The van der Waals surface area contributed by atoms with Gasteiger partial charge in [-0.25, -0.2) is 0 Å². The van der Waals surface area contributed by atoms with Crippen LogP contribution >= 0.6 is 22.6 Å². The molecule has 9 heteroatoms. The number of halogens is 4. The van der Waals surface area contributed by atoms with Crippen molar-refractivity contribution >= 4 is 34.2 Å². The summed E-state index contributed by atoms with van der Waals surface area (Å²) in [6, 6.07) is 3.40. The summed E-state index contributed by atoms with van der Waals surface area (Å²) >= 11 is 1.71. The van der Waals surface area contributed by atoms with Crippen LogP contribution in [-0.4, -0.2) is 23.6 Å². The average molecular weight is 374 g/mol. The van der Waals surface area contributed by atoms with E-state index in [2.05, 4.69) is 0 Å². The molecule has 0 aromatic heterocycles. The lowest BCUT2D eigenvalue weighted by Gasteiger charge is -2.09. The lowest BCUT2D eigenvalue weighted by molar-refractivity contribution is -0.384. The van der Waals surface area contributed by atoms with Crippen LogP contribution in [0.2, 0.25) is 0 Å². The zero-order chi connectivity index (χ0) is 13.9. The fourth-order valence-electron chi connectivity index (χ4n) is 1.08. The molecule has 0 bridgehead atoms. The molecule has 1 aromatic carbocycles. The van der Waals surface area contributed by atoms with Gasteiger partial charge in [0.15, 0.2) is 0 Å². The van der Waals surface area contributed by atoms with E-state index >= 15 is 0 Å². The van der Waals surface area contributed by atoms with Gasteiger partial charge in [-0.2, -0.15) is 13.2 Å². The van der Waals surface area contributed by atoms with Crippen LogP contribution in [-0.2, 0) is 0 Å². The van der Waals surface area contributed by atoms with Crippen LogP contribution in [0.15, 0.2) is 18.2 Å². The third-order valence-electron chi connectivity index (χ3n) is 1.85. The minimum Gasteiger partial charge on any atom is -0.343 e. The molecule has 0 saturated carbocycles. The number of carbonyl (C=O) groups is 1. The molecule has 0 aliphatic carbocycles. The van der Waals surface area contributed by atoms with E-state index in [0.717, 1.165) is 6.07 Å². The molecule has 0 heterocycles. The van der Waals surface area contributed by atoms with Crippen molar-refractivity contribution < 1.29 is 22.9 Å². The van der Waals surface area contributed by atoms with Crippen molar-refractivity contribution in [3.05, 3.63) is 37.4 Å². The Labute approximate surface area is 113 Å². The van der Waals surface area contributed by atoms with Crippen LogP contribution in [0, 0.1) is 13.7 Å². The molecule has 5 nitrogen and oxygen atoms in total. The quantitative estimate of drug-likeness (QED) is 0.502. The highest BCUT2D eigenvalue weighted by atomic mass is 127. The number of nitro groups is 1. The number of hydrogen-bond donors (Lipinski definition) is 1. The molecule has 0 unspecified atom stereocenters. The van der Waals surface area contributed by atoms with E-state index in [0.29, 0.717) is 3.57 Å². The van der Waals surface area contributed by atoms with E-state index in [1.165, 1.54) is 12.1 Å². The third-order valence-corrected chi connectivity index (χ3v) is 2.80. The lowest BCUT2D eigenvalue weighted by atomic mass is 10.2. The number of carbonyl (C=O) groups excluding carboxylic acids is 1. The van der Waals surface area contributed by atoms with Crippen molar-refractivity contribution in [3.8, 4) is 0 Å². The second-order valence-corrected chi connectivity index (χ2v) is 4.38. The van der Waals surface area contributed by atoms with Gasteiger partial charge in [0.05, 0.1) is 10.5 Å². The van der Waals surface area contributed by atoms with E-state index in [4.69, 9.17) is 0 Å². The summed E-state index contributed by atoms with van der Waals surface area (Å²) in [5.74, 6) is -1.000. The maximum absolute atomic E-state index is 11.9. The molecular weight excluding hydrogens is 368 g/mol. The van der Waals surface area contributed by atoms with Gasteiger partial charge < -0.3 is 5.32 Å². The molecule has 0 saturated heterocycles. The van der Waals surface area contributed by atoms with Gasteiger partial charge in [0, 0.05) is 15.7 Å². The summed E-state index contributed by atoms with van der Waals surface area (Å²) in [6.45, 7) is -1.48. The van der Waals surface area contributed by atoms with Crippen molar-refractivity contribution in [3.63, 3.8) is 0 Å². The van der Waals surface area contributed by atoms with Crippen molar-refractivity contribution in [2.45, 2.75) is 6.18 Å². The monoisotopic (exact) mass is 374 g/mol. The highest BCUT2D eigenvalue weighted by Crippen LogP contribution is 2.20. The molecule has 0 atom stereocenters. The van der Waals surface area contributed by atoms with Gasteiger partial charge in [-0.3, -0.25) is 14.9 Å². The number of nitro benzene ring substituents is 1. The Morgan fingerprint density at radius 2 is 2.06 bits per heavy atom. The van der Waals surface area contributed by atoms with Gasteiger partial charge in [0.25, 0.3) is 11.6 Å². The molecular formula is C9H6F3IN2O3. The predicted octanol–water partition coefficient (Wildman–Crippen LogP) is 2.49. The van der Waals surface area contributed by atoms with E-state index in [-0.39, 0.29) is 11.3 Å². The number of non-ortho nitro benzene ring substituents is 1. The van der Waals surface area contributed by atoms with Gasteiger partial charge in [-0.05, 0) is 28.7 Å². The first-order chi connectivity index (χ1) is 8.20. The summed E-state index contributed by atoms with van der Waals surface area (Å²) in [7, 11) is 0. The number of alkyl halides is 3.